The zero-order chi connectivity index (χ0) is 23.4. The van der Waals surface area contributed by atoms with E-state index in [4.69, 9.17) is 4.74 Å². The number of hydrogen-bond acceptors (Lipinski definition) is 8. The fraction of sp³-hybridized carbons (Fsp3) is 0.238. The Morgan fingerprint density at radius 2 is 1.97 bits per heavy atom. The molecule has 1 fully saturated rings. The molecule has 3 rings (SSSR count). The maximum Gasteiger partial charge on any atom is 0.339 e. The number of carbonyl (C=O) groups excluding carboxylic acids is 4. The number of rotatable bonds is 7. The van der Waals surface area contributed by atoms with Crippen LogP contribution in [0.5, 0.6) is 0 Å². The number of likely N-dealkylation sites (tertiary alicyclic amines) is 1. The second-order valence-electron chi connectivity index (χ2n) is 6.98. The molecule has 3 amide bonds. The van der Waals surface area contributed by atoms with E-state index in [0.29, 0.717) is 10.5 Å². The minimum absolute atomic E-state index is 0.0361. The molecule has 0 aromatic heterocycles. The van der Waals surface area contributed by atoms with E-state index in [2.05, 4.69) is 5.32 Å². The Morgan fingerprint density at radius 3 is 2.62 bits per heavy atom. The summed E-state index contributed by atoms with van der Waals surface area (Å²) in [5, 5.41) is 12.8. The van der Waals surface area contributed by atoms with Crippen molar-refractivity contribution in [2.24, 2.45) is 0 Å². The van der Waals surface area contributed by atoms with E-state index < -0.39 is 28.7 Å². The van der Waals surface area contributed by atoms with Gasteiger partial charge in [0.2, 0.25) is 11.8 Å². The third kappa shape index (κ3) is 5.11. The lowest BCUT2D eigenvalue weighted by atomic mass is 10.2. The third-order valence-corrected chi connectivity index (χ3v) is 6.02. The molecule has 166 valence electrons. The van der Waals surface area contributed by atoms with Gasteiger partial charge in [-0.05, 0) is 24.6 Å². The highest BCUT2D eigenvalue weighted by atomic mass is 32.2. The zero-order valence-corrected chi connectivity index (χ0v) is 18.0. The molecule has 1 saturated heterocycles. The summed E-state index contributed by atoms with van der Waals surface area (Å²) in [7, 11) is 1.41. The lowest BCUT2D eigenvalue weighted by molar-refractivity contribution is -0.384. The van der Waals surface area contributed by atoms with E-state index in [-0.39, 0.29) is 35.2 Å². The van der Waals surface area contributed by atoms with Gasteiger partial charge >= 0.3 is 5.97 Å². The third-order valence-electron chi connectivity index (χ3n) is 4.76. The van der Waals surface area contributed by atoms with E-state index in [1.54, 1.807) is 25.1 Å². The van der Waals surface area contributed by atoms with Crippen LogP contribution in [0.1, 0.15) is 22.3 Å². The molecule has 32 heavy (non-hydrogen) atoms. The minimum Gasteiger partial charge on any atom is -0.452 e. The second-order valence-corrected chi connectivity index (χ2v) is 8.22. The van der Waals surface area contributed by atoms with Gasteiger partial charge in [-0.25, -0.2) is 4.79 Å². The maximum atomic E-state index is 12.5. The molecule has 0 bridgehead atoms. The molecule has 11 heteroatoms. The summed E-state index contributed by atoms with van der Waals surface area (Å²) in [6, 6.07) is 10.5. The van der Waals surface area contributed by atoms with Gasteiger partial charge in [0.25, 0.3) is 11.6 Å². The number of nitro groups is 1. The van der Waals surface area contributed by atoms with Gasteiger partial charge in [0.1, 0.15) is 0 Å². The smallest absolute Gasteiger partial charge is 0.339 e. The summed E-state index contributed by atoms with van der Waals surface area (Å²) >= 11 is 1.09. The molecule has 2 aromatic rings. The number of esters is 1. The molecule has 1 atom stereocenters. The average Bonchev–Trinajstić information content (AvgIpc) is 3.00. The highest BCUT2D eigenvalue weighted by molar-refractivity contribution is 8.00. The van der Waals surface area contributed by atoms with Crippen LogP contribution in [0.25, 0.3) is 0 Å². The fourth-order valence-electron chi connectivity index (χ4n) is 2.96. The van der Waals surface area contributed by atoms with Crippen LogP contribution >= 0.6 is 11.8 Å². The lowest BCUT2D eigenvalue weighted by Gasteiger charge is -2.12. The largest absolute Gasteiger partial charge is 0.452 e. The van der Waals surface area contributed by atoms with Crippen LogP contribution in [0.3, 0.4) is 0 Å². The summed E-state index contributed by atoms with van der Waals surface area (Å²) in [5.41, 5.74) is 0.827. The number of ether oxygens (including phenoxy) is 1. The van der Waals surface area contributed by atoms with Gasteiger partial charge in [-0.3, -0.25) is 29.4 Å². The van der Waals surface area contributed by atoms with Crippen LogP contribution in [0, 0.1) is 17.0 Å². The first-order valence-corrected chi connectivity index (χ1v) is 10.3. The average molecular weight is 457 g/mol. The molecule has 1 N–H and O–H groups in total. The van der Waals surface area contributed by atoms with Crippen LogP contribution in [-0.2, 0) is 19.1 Å². The SMILES string of the molecule is Cc1ccc([N+](=O)[O-])cc1NC(=O)COC(=O)c1ccccc1SC1CC(=O)N(C)C1=O. The molecular formula is C21H19N3O7S. The zero-order valence-electron chi connectivity index (χ0n) is 17.2. The Labute approximate surface area is 187 Å². The van der Waals surface area contributed by atoms with Crippen LogP contribution in [0.15, 0.2) is 47.4 Å². The van der Waals surface area contributed by atoms with Crippen LogP contribution in [-0.4, -0.2) is 52.4 Å². The number of nitrogens with zero attached hydrogens (tertiary/aromatic N) is 2. The second kappa shape index (κ2) is 9.60. The highest BCUT2D eigenvalue weighted by Gasteiger charge is 2.37. The van der Waals surface area contributed by atoms with Gasteiger partial charge in [-0.1, -0.05) is 18.2 Å². The molecule has 0 aliphatic carbocycles. The monoisotopic (exact) mass is 457 g/mol. The van der Waals surface area contributed by atoms with Crippen molar-refractivity contribution in [1.29, 1.82) is 0 Å². The first-order chi connectivity index (χ1) is 15.2. The van der Waals surface area contributed by atoms with Gasteiger partial charge < -0.3 is 10.1 Å². The summed E-state index contributed by atoms with van der Waals surface area (Å²) in [6.07, 6.45) is 0.0361. The number of hydrogen-bond donors (Lipinski definition) is 1. The number of anilines is 1. The van der Waals surface area contributed by atoms with Crippen LogP contribution in [0.4, 0.5) is 11.4 Å². The standard InChI is InChI=1S/C21H19N3O7S/c1-12-7-8-13(24(29)30)9-15(12)22-18(25)11-31-21(28)14-5-3-4-6-16(14)32-17-10-19(26)23(2)20(17)27/h3-9,17H,10-11H2,1-2H3,(H,22,25). The number of non-ortho nitro benzene ring substituents is 1. The summed E-state index contributed by atoms with van der Waals surface area (Å²) in [5.74, 6) is -2.06. The van der Waals surface area contributed by atoms with E-state index in [0.717, 1.165) is 16.7 Å². The minimum atomic E-state index is -0.774. The van der Waals surface area contributed by atoms with Crippen molar-refractivity contribution >= 4 is 46.8 Å². The van der Waals surface area contributed by atoms with Crippen molar-refractivity contribution in [1.82, 2.24) is 4.90 Å². The predicted molar refractivity (Wildman–Crippen MR) is 115 cm³/mol. The Bertz CT molecular complexity index is 1120. The van der Waals surface area contributed by atoms with E-state index >= 15 is 0 Å². The predicted octanol–water partition coefficient (Wildman–Crippen LogP) is 2.55. The summed E-state index contributed by atoms with van der Waals surface area (Å²) in [6.45, 7) is 1.06. The number of imide groups is 1. The Balaban J connectivity index is 1.64. The van der Waals surface area contributed by atoms with Gasteiger partial charge in [-0.2, -0.15) is 0 Å². The number of aryl methyl sites for hydroxylation is 1. The van der Waals surface area contributed by atoms with Crippen molar-refractivity contribution in [2.45, 2.75) is 23.5 Å². The quantitative estimate of drug-likeness (QED) is 0.290. The van der Waals surface area contributed by atoms with E-state index in [1.807, 2.05) is 0 Å². The Hall–Kier alpha value is -3.73. The number of thioether (sulfide) groups is 1. The van der Waals surface area contributed by atoms with Crippen molar-refractivity contribution in [3.63, 3.8) is 0 Å². The Morgan fingerprint density at radius 1 is 1.25 bits per heavy atom. The Kier molecular flexibility index (Phi) is 6.89. The molecule has 1 aliphatic heterocycles. The van der Waals surface area contributed by atoms with Crippen LogP contribution in [0.2, 0.25) is 0 Å². The normalized spacial score (nSPS) is 15.6. The molecule has 0 saturated carbocycles. The lowest BCUT2D eigenvalue weighted by Crippen LogP contribution is -2.26. The molecule has 10 nitrogen and oxygen atoms in total. The topological polar surface area (TPSA) is 136 Å². The van der Waals surface area contributed by atoms with Gasteiger partial charge in [0, 0.05) is 30.5 Å². The van der Waals surface area contributed by atoms with Crippen molar-refractivity contribution in [3.05, 3.63) is 63.7 Å². The number of carbonyl (C=O) groups is 4. The molecule has 1 aliphatic rings. The van der Waals surface area contributed by atoms with Crippen LogP contribution < -0.4 is 5.32 Å². The van der Waals surface area contributed by atoms with Gasteiger partial charge in [0.05, 0.1) is 21.4 Å². The molecule has 0 spiro atoms. The van der Waals surface area contributed by atoms with Crippen molar-refractivity contribution in [3.8, 4) is 0 Å². The molecular weight excluding hydrogens is 438 g/mol. The molecule has 0 radical (unpaired) electrons. The molecule has 1 unspecified atom stereocenters. The number of amides is 3. The summed E-state index contributed by atoms with van der Waals surface area (Å²) < 4.78 is 5.09. The van der Waals surface area contributed by atoms with Crippen molar-refractivity contribution < 1.29 is 28.8 Å². The summed E-state index contributed by atoms with van der Waals surface area (Å²) in [4.78, 5) is 60.5. The van der Waals surface area contributed by atoms with E-state index in [9.17, 15) is 29.3 Å². The number of nitro benzene ring substituents is 1. The number of benzene rings is 2. The fourth-order valence-corrected chi connectivity index (χ4v) is 4.19. The first kappa shape index (κ1) is 22.9. The maximum absolute atomic E-state index is 12.5. The molecule has 2 aromatic carbocycles. The van der Waals surface area contributed by atoms with Gasteiger partial charge in [-0.15, -0.1) is 11.8 Å². The highest BCUT2D eigenvalue weighted by Crippen LogP contribution is 2.33. The van der Waals surface area contributed by atoms with E-state index in [1.165, 1.54) is 31.3 Å². The first-order valence-electron chi connectivity index (χ1n) is 9.45. The van der Waals surface area contributed by atoms with Crippen molar-refractivity contribution in [2.75, 3.05) is 19.0 Å². The van der Waals surface area contributed by atoms with Gasteiger partial charge in [0.15, 0.2) is 6.61 Å². The number of nitrogens with one attached hydrogen (secondary N) is 1. The molecule has 1 heterocycles.